The summed E-state index contributed by atoms with van der Waals surface area (Å²) in [5.41, 5.74) is 1.06. The molecule has 8 heteroatoms. The smallest absolute Gasteiger partial charge is 0.308 e. The predicted octanol–water partition coefficient (Wildman–Crippen LogP) is 1.57. The molecule has 0 radical (unpaired) electrons. The van der Waals surface area contributed by atoms with E-state index in [-0.39, 0.29) is 18.9 Å². The van der Waals surface area contributed by atoms with E-state index in [9.17, 15) is 9.59 Å². The van der Waals surface area contributed by atoms with Gasteiger partial charge in [-0.1, -0.05) is 23.5 Å². The maximum atomic E-state index is 11.9. The number of ether oxygens (including phenoxy) is 1. The van der Waals surface area contributed by atoms with Crippen LogP contribution in [0.1, 0.15) is 17.0 Å². The van der Waals surface area contributed by atoms with Gasteiger partial charge in [0.2, 0.25) is 11.0 Å². The zero-order chi connectivity index (χ0) is 16.4. The van der Waals surface area contributed by atoms with Gasteiger partial charge in [-0.25, -0.2) is 0 Å². The zero-order valence-corrected chi connectivity index (χ0v) is 13.2. The second kappa shape index (κ2) is 6.33. The highest BCUT2D eigenvalue weighted by molar-refractivity contribution is 7.15. The SMILES string of the molecule is COc1ccc(Cc2nnc(N3CC(C(=O)O)CC3=O)s2)cc1. The summed E-state index contributed by atoms with van der Waals surface area (Å²) in [4.78, 5) is 24.3. The number of carboxylic acids is 1. The Balaban J connectivity index is 1.70. The van der Waals surface area contributed by atoms with Crippen LogP contribution in [0.2, 0.25) is 0 Å². The Hall–Kier alpha value is -2.48. The molecule has 1 amide bonds. The number of carbonyl (C=O) groups excluding carboxylic acids is 1. The minimum Gasteiger partial charge on any atom is -0.497 e. The summed E-state index contributed by atoms with van der Waals surface area (Å²) in [5, 5.41) is 18.4. The Bertz CT molecular complexity index is 729. The summed E-state index contributed by atoms with van der Waals surface area (Å²) < 4.78 is 5.11. The number of rotatable bonds is 5. The minimum atomic E-state index is -0.955. The Morgan fingerprint density at radius 2 is 2.13 bits per heavy atom. The first-order valence-corrected chi connectivity index (χ1v) is 7.87. The second-order valence-electron chi connectivity index (χ2n) is 5.25. The van der Waals surface area contributed by atoms with Gasteiger partial charge in [0.05, 0.1) is 13.0 Å². The lowest BCUT2D eigenvalue weighted by atomic mass is 10.1. The molecule has 1 saturated heterocycles. The van der Waals surface area contributed by atoms with Gasteiger partial charge >= 0.3 is 5.97 Å². The van der Waals surface area contributed by atoms with Crippen molar-refractivity contribution in [3.05, 3.63) is 34.8 Å². The maximum Gasteiger partial charge on any atom is 0.308 e. The van der Waals surface area contributed by atoms with E-state index >= 15 is 0 Å². The van der Waals surface area contributed by atoms with Crippen LogP contribution in [0, 0.1) is 5.92 Å². The van der Waals surface area contributed by atoms with Gasteiger partial charge in [0.15, 0.2) is 0 Å². The third kappa shape index (κ3) is 3.31. The number of nitrogens with zero attached hydrogens (tertiary/aromatic N) is 3. The van der Waals surface area contributed by atoms with Gasteiger partial charge in [-0.3, -0.25) is 14.5 Å². The first-order chi connectivity index (χ1) is 11.1. The molecule has 1 fully saturated rings. The van der Waals surface area contributed by atoms with Crippen LogP contribution in [-0.2, 0) is 16.0 Å². The fraction of sp³-hybridized carbons (Fsp3) is 0.333. The highest BCUT2D eigenvalue weighted by Crippen LogP contribution is 2.29. The standard InChI is InChI=1S/C15H15N3O4S/c1-22-11-4-2-9(3-5-11)6-12-16-17-15(23-12)18-8-10(14(20)21)7-13(18)19/h2-5,10H,6-8H2,1H3,(H,20,21). The van der Waals surface area contributed by atoms with Crippen molar-refractivity contribution in [2.24, 2.45) is 5.92 Å². The number of hydrogen-bond acceptors (Lipinski definition) is 6. The maximum absolute atomic E-state index is 11.9. The lowest BCUT2D eigenvalue weighted by Gasteiger charge is -2.10. The molecule has 0 saturated carbocycles. The molecule has 3 rings (SSSR count). The Morgan fingerprint density at radius 3 is 2.74 bits per heavy atom. The van der Waals surface area contributed by atoms with Crippen LogP contribution in [0.25, 0.3) is 0 Å². The molecule has 0 bridgehead atoms. The van der Waals surface area contributed by atoms with E-state index in [1.165, 1.54) is 16.2 Å². The van der Waals surface area contributed by atoms with Crippen molar-refractivity contribution in [3.63, 3.8) is 0 Å². The molecule has 7 nitrogen and oxygen atoms in total. The van der Waals surface area contributed by atoms with Crippen LogP contribution in [0.5, 0.6) is 5.75 Å². The zero-order valence-electron chi connectivity index (χ0n) is 12.4. The molecule has 1 aromatic heterocycles. The summed E-state index contributed by atoms with van der Waals surface area (Å²) in [6.45, 7) is 0.158. The molecule has 1 atom stereocenters. The number of anilines is 1. The molecule has 0 aliphatic carbocycles. The third-order valence-corrected chi connectivity index (χ3v) is 4.62. The van der Waals surface area contributed by atoms with E-state index in [1.807, 2.05) is 24.3 Å². The molecule has 1 N–H and O–H groups in total. The van der Waals surface area contributed by atoms with Crippen molar-refractivity contribution in [1.29, 1.82) is 0 Å². The van der Waals surface area contributed by atoms with Crippen LogP contribution in [0.4, 0.5) is 5.13 Å². The lowest BCUT2D eigenvalue weighted by Crippen LogP contribution is -2.25. The van der Waals surface area contributed by atoms with Crippen molar-refractivity contribution in [3.8, 4) is 5.75 Å². The van der Waals surface area contributed by atoms with Gasteiger partial charge in [0.25, 0.3) is 0 Å². The van der Waals surface area contributed by atoms with Crippen LogP contribution < -0.4 is 9.64 Å². The van der Waals surface area contributed by atoms with E-state index in [4.69, 9.17) is 9.84 Å². The molecule has 23 heavy (non-hydrogen) atoms. The fourth-order valence-electron chi connectivity index (χ4n) is 2.40. The van der Waals surface area contributed by atoms with Crippen molar-refractivity contribution >= 4 is 28.3 Å². The van der Waals surface area contributed by atoms with Crippen molar-refractivity contribution in [1.82, 2.24) is 10.2 Å². The van der Waals surface area contributed by atoms with E-state index in [1.54, 1.807) is 7.11 Å². The molecule has 120 valence electrons. The number of amides is 1. The molecular weight excluding hydrogens is 318 g/mol. The number of methoxy groups -OCH3 is 1. The van der Waals surface area contributed by atoms with Crippen LogP contribution in [0.15, 0.2) is 24.3 Å². The molecule has 0 spiro atoms. The molecule has 1 aliphatic heterocycles. The second-order valence-corrected chi connectivity index (χ2v) is 6.29. The molecule has 2 aromatic rings. The van der Waals surface area contributed by atoms with Gasteiger partial charge < -0.3 is 9.84 Å². The number of carboxylic acid groups (broad SMARTS) is 1. The first-order valence-electron chi connectivity index (χ1n) is 7.05. The average Bonchev–Trinajstić information content (AvgIpc) is 3.14. The topological polar surface area (TPSA) is 92.6 Å². The quantitative estimate of drug-likeness (QED) is 0.893. The Morgan fingerprint density at radius 1 is 1.39 bits per heavy atom. The van der Waals surface area contributed by atoms with Gasteiger partial charge in [-0.15, -0.1) is 10.2 Å². The number of aromatic nitrogens is 2. The minimum absolute atomic E-state index is 0.0166. The summed E-state index contributed by atoms with van der Waals surface area (Å²) in [5.74, 6) is -1.06. The van der Waals surface area contributed by atoms with Crippen molar-refractivity contribution in [2.75, 3.05) is 18.6 Å². The number of carbonyl (C=O) groups is 2. The average molecular weight is 333 g/mol. The summed E-state index contributed by atoms with van der Waals surface area (Å²) in [6.07, 6.45) is 0.620. The molecular formula is C15H15N3O4S. The molecule has 2 heterocycles. The summed E-state index contributed by atoms with van der Waals surface area (Å²) >= 11 is 1.31. The number of aliphatic carboxylic acids is 1. The van der Waals surface area contributed by atoms with Crippen molar-refractivity contribution in [2.45, 2.75) is 12.8 Å². The van der Waals surface area contributed by atoms with E-state index in [2.05, 4.69) is 10.2 Å². The highest BCUT2D eigenvalue weighted by Gasteiger charge is 2.36. The Kier molecular flexibility index (Phi) is 4.24. The van der Waals surface area contributed by atoms with E-state index in [0.29, 0.717) is 11.6 Å². The van der Waals surface area contributed by atoms with E-state index < -0.39 is 11.9 Å². The van der Waals surface area contributed by atoms with Crippen LogP contribution in [0.3, 0.4) is 0 Å². The Labute approximate surface area is 136 Å². The lowest BCUT2D eigenvalue weighted by molar-refractivity contribution is -0.141. The highest BCUT2D eigenvalue weighted by atomic mass is 32.1. The van der Waals surface area contributed by atoms with Crippen molar-refractivity contribution < 1.29 is 19.4 Å². The monoisotopic (exact) mass is 333 g/mol. The van der Waals surface area contributed by atoms with E-state index in [0.717, 1.165) is 16.3 Å². The normalized spacial score (nSPS) is 17.5. The third-order valence-electron chi connectivity index (χ3n) is 3.68. The molecule has 1 aliphatic rings. The first kappa shape index (κ1) is 15.4. The van der Waals surface area contributed by atoms with Crippen LogP contribution in [-0.4, -0.2) is 40.8 Å². The summed E-state index contributed by atoms with van der Waals surface area (Å²) in [7, 11) is 1.61. The van der Waals surface area contributed by atoms with Gasteiger partial charge in [-0.2, -0.15) is 0 Å². The van der Waals surface area contributed by atoms with Gasteiger partial charge in [-0.05, 0) is 17.7 Å². The fourth-order valence-corrected chi connectivity index (χ4v) is 3.30. The summed E-state index contributed by atoms with van der Waals surface area (Å²) in [6, 6.07) is 7.64. The largest absolute Gasteiger partial charge is 0.497 e. The molecule has 1 aromatic carbocycles. The number of benzene rings is 1. The number of hydrogen-bond donors (Lipinski definition) is 1. The predicted molar refractivity (Wildman–Crippen MR) is 83.8 cm³/mol. The molecule has 1 unspecified atom stereocenters. The van der Waals surface area contributed by atoms with Crippen LogP contribution >= 0.6 is 11.3 Å². The van der Waals surface area contributed by atoms with Gasteiger partial charge in [0.1, 0.15) is 10.8 Å². The van der Waals surface area contributed by atoms with Gasteiger partial charge in [0, 0.05) is 19.4 Å².